The van der Waals surface area contributed by atoms with Gasteiger partial charge in [-0.15, -0.1) is 0 Å². The first-order valence-corrected chi connectivity index (χ1v) is 4.04. The minimum absolute atomic E-state index is 0.558. The van der Waals surface area contributed by atoms with Crippen molar-refractivity contribution in [2.75, 3.05) is 7.11 Å². The number of aliphatic imine (C=N–C) groups is 1. The predicted octanol–water partition coefficient (Wildman–Crippen LogP) is 2.02. The largest absolute Gasteiger partial charge is 0.399 e. The van der Waals surface area contributed by atoms with Gasteiger partial charge >= 0.3 is 0 Å². The first-order valence-electron chi connectivity index (χ1n) is 4.04. The standard InChI is InChI=1S/C10H10N2O2/c1-8(12-14-2)9-4-3-5-10(6-9)11-7-13/h3-6H,1-2H3. The zero-order valence-corrected chi connectivity index (χ0v) is 8.02. The number of hydrogen-bond donors (Lipinski definition) is 0. The van der Waals surface area contributed by atoms with E-state index in [9.17, 15) is 4.79 Å². The summed E-state index contributed by atoms with van der Waals surface area (Å²) in [7, 11) is 1.48. The Labute approximate surface area is 81.9 Å². The Morgan fingerprint density at radius 3 is 2.93 bits per heavy atom. The zero-order chi connectivity index (χ0) is 10.4. The predicted molar refractivity (Wildman–Crippen MR) is 53.4 cm³/mol. The van der Waals surface area contributed by atoms with Crippen LogP contribution < -0.4 is 0 Å². The highest BCUT2D eigenvalue weighted by molar-refractivity contribution is 5.98. The normalized spacial score (nSPS) is 10.6. The smallest absolute Gasteiger partial charge is 0.240 e. The van der Waals surface area contributed by atoms with Gasteiger partial charge in [-0.3, -0.25) is 0 Å². The van der Waals surface area contributed by atoms with Crippen molar-refractivity contribution < 1.29 is 9.63 Å². The molecule has 0 heterocycles. The van der Waals surface area contributed by atoms with Crippen LogP contribution in [0.25, 0.3) is 0 Å². The van der Waals surface area contributed by atoms with E-state index in [1.54, 1.807) is 18.2 Å². The molecule has 0 aliphatic heterocycles. The van der Waals surface area contributed by atoms with Gasteiger partial charge in [0.2, 0.25) is 6.08 Å². The number of rotatable bonds is 3. The molecule has 0 N–H and O–H groups in total. The van der Waals surface area contributed by atoms with Crippen LogP contribution in [0.15, 0.2) is 34.4 Å². The summed E-state index contributed by atoms with van der Waals surface area (Å²) >= 11 is 0. The monoisotopic (exact) mass is 190 g/mol. The lowest BCUT2D eigenvalue weighted by Gasteiger charge is -1.99. The summed E-state index contributed by atoms with van der Waals surface area (Å²) in [6.07, 6.45) is 1.49. The van der Waals surface area contributed by atoms with E-state index in [-0.39, 0.29) is 0 Å². The molecule has 0 bridgehead atoms. The van der Waals surface area contributed by atoms with E-state index >= 15 is 0 Å². The van der Waals surface area contributed by atoms with E-state index in [0.717, 1.165) is 11.3 Å². The quantitative estimate of drug-likeness (QED) is 0.416. The molecule has 4 nitrogen and oxygen atoms in total. The van der Waals surface area contributed by atoms with E-state index in [4.69, 9.17) is 0 Å². The van der Waals surface area contributed by atoms with E-state index < -0.39 is 0 Å². The van der Waals surface area contributed by atoms with E-state index in [2.05, 4.69) is 15.0 Å². The van der Waals surface area contributed by atoms with Crippen LogP contribution in [0, 0.1) is 0 Å². The van der Waals surface area contributed by atoms with E-state index in [0.29, 0.717) is 5.69 Å². The lowest BCUT2D eigenvalue weighted by molar-refractivity contribution is 0.213. The van der Waals surface area contributed by atoms with Gasteiger partial charge in [-0.05, 0) is 19.1 Å². The Morgan fingerprint density at radius 1 is 1.50 bits per heavy atom. The van der Waals surface area contributed by atoms with Crippen LogP contribution in [0.3, 0.4) is 0 Å². The molecule has 0 saturated carbocycles. The Morgan fingerprint density at radius 2 is 2.29 bits per heavy atom. The molecule has 0 aliphatic rings. The van der Waals surface area contributed by atoms with Gasteiger partial charge in [-0.1, -0.05) is 17.3 Å². The maximum absolute atomic E-state index is 10.0. The highest BCUT2D eigenvalue weighted by atomic mass is 16.6. The third-order valence-corrected chi connectivity index (χ3v) is 1.67. The third kappa shape index (κ3) is 2.54. The molecule has 72 valence electrons. The van der Waals surface area contributed by atoms with Gasteiger partial charge in [0.15, 0.2) is 0 Å². The molecule has 1 rings (SSSR count). The number of carbonyl (C=O) groups excluding carboxylic acids is 1. The van der Waals surface area contributed by atoms with Gasteiger partial charge in [0.1, 0.15) is 7.11 Å². The van der Waals surface area contributed by atoms with Crippen molar-refractivity contribution >= 4 is 17.5 Å². The average molecular weight is 190 g/mol. The molecule has 1 aromatic rings. The fraction of sp³-hybridized carbons (Fsp3) is 0.200. The number of isocyanates is 1. The number of oxime groups is 1. The van der Waals surface area contributed by atoms with Crippen molar-refractivity contribution in [2.45, 2.75) is 6.92 Å². The van der Waals surface area contributed by atoms with Gasteiger partial charge in [0.05, 0.1) is 11.4 Å². The van der Waals surface area contributed by atoms with Crippen LogP contribution in [-0.4, -0.2) is 18.9 Å². The zero-order valence-electron chi connectivity index (χ0n) is 8.02. The fourth-order valence-electron chi connectivity index (χ4n) is 1.04. The molecular formula is C10H10N2O2. The summed E-state index contributed by atoms with van der Waals surface area (Å²) in [6, 6.07) is 7.11. The minimum atomic E-state index is 0.558. The number of nitrogens with zero attached hydrogens (tertiary/aromatic N) is 2. The summed E-state index contributed by atoms with van der Waals surface area (Å²) in [5.74, 6) is 0. The summed E-state index contributed by atoms with van der Waals surface area (Å²) in [6.45, 7) is 1.81. The SMILES string of the molecule is CON=C(C)c1cccc(N=C=O)c1. The Bertz CT molecular complexity index is 393. The molecule has 0 saturated heterocycles. The molecule has 0 amide bonds. The van der Waals surface area contributed by atoms with Crippen LogP contribution in [0.1, 0.15) is 12.5 Å². The Balaban J connectivity index is 3.05. The van der Waals surface area contributed by atoms with Crippen molar-refractivity contribution in [3.05, 3.63) is 29.8 Å². The van der Waals surface area contributed by atoms with Gasteiger partial charge in [0.25, 0.3) is 0 Å². The topological polar surface area (TPSA) is 51.0 Å². The molecular weight excluding hydrogens is 180 g/mol. The van der Waals surface area contributed by atoms with Gasteiger partial charge in [-0.2, -0.15) is 4.99 Å². The lowest BCUT2D eigenvalue weighted by atomic mass is 10.1. The van der Waals surface area contributed by atoms with Crippen molar-refractivity contribution in [1.82, 2.24) is 0 Å². The second-order valence-corrected chi connectivity index (χ2v) is 2.61. The molecule has 4 heteroatoms. The maximum Gasteiger partial charge on any atom is 0.240 e. The molecule has 14 heavy (non-hydrogen) atoms. The Kier molecular flexibility index (Phi) is 3.58. The first kappa shape index (κ1) is 10.2. The van der Waals surface area contributed by atoms with Gasteiger partial charge in [0, 0.05) is 5.56 Å². The van der Waals surface area contributed by atoms with Crippen LogP contribution in [0.4, 0.5) is 5.69 Å². The van der Waals surface area contributed by atoms with Crippen molar-refractivity contribution in [3.8, 4) is 0 Å². The average Bonchev–Trinajstić information content (AvgIpc) is 2.19. The van der Waals surface area contributed by atoms with Crippen molar-refractivity contribution in [2.24, 2.45) is 10.1 Å². The molecule has 0 atom stereocenters. The number of benzene rings is 1. The molecule has 0 spiro atoms. The van der Waals surface area contributed by atoms with Crippen molar-refractivity contribution in [3.63, 3.8) is 0 Å². The summed E-state index contributed by atoms with van der Waals surface area (Å²) in [5.41, 5.74) is 2.15. The van der Waals surface area contributed by atoms with Gasteiger partial charge < -0.3 is 4.84 Å². The molecule has 0 radical (unpaired) electrons. The van der Waals surface area contributed by atoms with E-state index in [1.807, 2.05) is 13.0 Å². The summed E-state index contributed by atoms with van der Waals surface area (Å²) < 4.78 is 0. The molecule has 0 unspecified atom stereocenters. The summed E-state index contributed by atoms with van der Waals surface area (Å²) in [5, 5.41) is 3.77. The second kappa shape index (κ2) is 4.94. The van der Waals surface area contributed by atoms with Gasteiger partial charge in [-0.25, -0.2) is 4.79 Å². The van der Waals surface area contributed by atoms with Crippen LogP contribution in [0.5, 0.6) is 0 Å². The van der Waals surface area contributed by atoms with Crippen LogP contribution in [0.2, 0.25) is 0 Å². The molecule has 0 fully saturated rings. The van der Waals surface area contributed by atoms with Crippen LogP contribution >= 0.6 is 0 Å². The second-order valence-electron chi connectivity index (χ2n) is 2.61. The highest BCUT2D eigenvalue weighted by Crippen LogP contribution is 2.13. The number of hydrogen-bond acceptors (Lipinski definition) is 4. The Hall–Kier alpha value is -1.93. The maximum atomic E-state index is 10.0. The van der Waals surface area contributed by atoms with Crippen LogP contribution in [-0.2, 0) is 9.63 Å². The first-order chi connectivity index (χ1) is 6.77. The molecule has 1 aromatic carbocycles. The van der Waals surface area contributed by atoms with E-state index in [1.165, 1.54) is 13.2 Å². The minimum Gasteiger partial charge on any atom is -0.399 e. The fourth-order valence-corrected chi connectivity index (χ4v) is 1.04. The summed E-state index contributed by atoms with van der Waals surface area (Å²) in [4.78, 5) is 18.2. The lowest BCUT2D eigenvalue weighted by Crippen LogP contribution is -1.94. The molecule has 0 aromatic heterocycles. The third-order valence-electron chi connectivity index (χ3n) is 1.67. The highest BCUT2D eigenvalue weighted by Gasteiger charge is 1.98. The molecule has 0 aliphatic carbocycles. The van der Waals surface area contributed by atoms with Crippen molar-refractivity contribution in [1.29, 1.82) is 0 Å².